The minimum atomic E-state index is -5.72. The van der Waals surface area contributed by atoms with Crippen LogP contribution in [0.4, 0.5) is 17.6 Å². The monoisotopic (exact) mass is 716 g/mol. The molecule has 48 heavy (non-hydrogen) atoms. The molecule has 0 spiro atoms. The van der Waals surface area contributed by atoms with Crippen molar-refractivity contribution in [1.82, 2.24) is 20.6 Å². The highest BCUT2D eigenvalue weighted by Gasteiger charge is 2.50. The van der Waals surface area contributed by atoms with Crippen molar-refractivity contribution < 1.29 is 31.9 Å². The summed E-state index contributed by atoms with van der Waals surface area (Å²) in [7, 11) is -5.72. The van der Waals surface area contributed by atoms with Crippen molar-refractivity contribution in [2.24, 2.45) is 0 Å². The van der Waals surface area contributed by atoms with Crippen molar-refractivity contribution in [2.75, 3.05) is 0 Å². The molecule has 0 aliphatic heterocycles. The summed E-state index contributed by atoms with van der Waals surface area (Å²) in [5, 5.41) is 12.2. The Hall–Kier alpha value is -3.48. The van der Waals surface area contributed by atoms with Crippen LogP contribution in [0.1, 0.15) is 53.8 Å². The maximum Gasteiger partial charge on any atom is 0.399 e. The largest absolute Gasteiger partial charge is 0.399 e. The highest BCUT2D eigenvalue weighted by Crippen LogP contribution is 2.59. The van der Waals surface area contributed by atoms with Gasteiger partial charge in [-0.1, -0.05) is 84.9 Å². The molecule has 0 radical (unpaired) electrons. The molecule has 0 saturated carbocycles. The Morgan fingerprint density at radius 2 is 1.12 bits per heavy atom. The number of hydrogen-bond acceptors (Lipinski definition) is 6. The number of thioether (sulfide) groups is 2. The number of halogens is 4. The third-order valence-corrected chi connectivity index (χ3v) is 11.8. The number of nitrogens with zero attached hydrogens (tertiary/aromatic N) is 3. The molecule has 0 saturated heterocycles. The summed E-state index contributed by atoms with van der Waals surface area (Å²) in [5.74, 6) is -4.19. The van der Waals surface area contributed by atoms with Crippen LogP contribution in [0.3, 0.4) is 0 Å². The maximum absolute atomic E-state index is 15.0. The lowest BCUT2D eigenvalue weighted by Gasteiger charge is -2.34. The first-order valence-corrected chi connectivity index (χ1v) is 18.3. The van der Waals surface area contributed by atoms with Gasteiger partial charge in [-0.05, 0) is 79.1 Å². The van der Waals surface area contributed by atoms with Crippen LogP contribution in [0.2, 0.25) is 0 Å². The zero-order chi connectivity index (χ0) is 34.3. The Balaban J connectivity index is 1.46. The van der Waals surface area contributed by atoms with Crippen LogP contribution in [-0.2, 0) is 29.0 Å². The van der Waals surface area contributed by atoms with Crippen LogP contribution < -0.4 is 0 Å². The number of tetrazole rings is 1. The van der Waals surface area contributed by atoms with Gasteiger partial charge in [0, 0.05) is 20.9 Å². The average Bonchev–Trinajstić information content (AvgIpc) is 3.62. The first-order valence-electron chi connectivity index (χ1n) is 15.1. The molecule has 5 rings (SSSR count). The van der Waals surface area contributed by atoms with Crippen molar-refractivity contribution in [1.29, 1.82) is 0 Å². The van der Waals surface area contributed by atoms with Crippen LogP contribution in [0, 0.1) is 0 Å². The lowest BCUT2D eigenvalue weighted by molar-refractivity contribution is 0.0328. The number of rotatable bonds is 16. The number of benzene rings is 4. The summed E-state index contributed by atoms with van der Waals surface area (Å²) in [6.07, 6.45) is 4.55. The van der Waals surface area contributed by atoms with Gasteiger partial charge in [-0.15, -0.1) is 33.7 Å². The average molecular weight is 717 g/mol. The van der Waals surface area contributed by atoms with Gasteiger partial charge in [0.2, 0.25) is 5.82 Å². The Kier molecular flexibility index (Phi) is 11.5. The number of aryl methyl sites for hydroxylation is 2. The highest BCUT2D eigenvalue weighted by molar-refractivity contribution is 8.18. The first kappa shape index (κ1) is 35.8. The second-order valence-corrected chi connectivity index (χ2v) is 16.1. The molecule has 1 heterocycles. The molecule has 0 aliphatic carbocycles. The van der Waals surface area contributed by atoms with Crippen molar-refractivity contribution in [3.8, 4) is 0 Å². The Morgan fingerprint density at radius 3 is 1.54 bits per heavy atom. The topological polar surface area (TPSA) is 112 Å². The van der Waals surface area contributed by atoms with Gasteiger partial charge < -0.3 is 9.79 Å². The molecule has 0 fully saturated rings. The molecule has 14 heteroatoms. The van der Waals surface area contributed by atoms with Gasteiger partial charge in [0.1, 0.15) is 0 Å². The Labute approximate surface area is 284 Å². The zero-order valence-electron chi connectivity index (χ0n) is 25.6. The van der Waals surface area contributed by atoms with E-state index in [1.165, 1.54) is 58.9 Å². The summed E-state index contributed by atoms with van der Waals surface area (Å²) < 4.78 is 69.8. The zero-order valence-corrected chi connectivity index (χ0v) is 28.1. The smallest absolute Gasteiger partial charge is 0.320 e. The van der Waals surface area contributed by atoms with Crippen LogP contribution in [-0.4, -0.2) is 34.5 Å². The Morgan fingerprint density at radius 1 is 0.667 bits per heavy atom. The van der Waals surface area contributed by atoms with E-state index < -0.39 is 34.6 Å². The van der Waals surface area contributed by atoms with Crippen LogP contribution in [0.15, 0.2) is 119 Å². The maximum atomic E-state index is 15.0. The number of aromatic nitrogens is 4. The fourth-order valence-electron chi connectivity index (χ4n) is 5.24. The quantitative estimate of drug-likeness (QED) is 0.0401. The van der Waals surface area contributed by atoms with Gasteiger partial charge in [-0.2, -0.15) is 22.8 Å². The van der Waals surface area contributed by atoms with E-state index in [0.717, 1.165) is 42.7 Å². The van der Waals surface area contributed by atoms with E-state index in [-0.39, 0.29) is 5.56 Å². The van der Waals surface area contributed by atoms with Crippen LogP contribution in [0.5, 0.6) is 0 Å². The van der Waals surface area contributed by atoms with Gasteiger partial charge in [0.05, 0.1) is 4.08 Å². The molecule has 0 atom stereocenters. The van der Waals surface area contributed by atoms with Gasteiger partial charge in [-0.25, -0.2) is 0 Å². The van der Waals surface area contributed by atoms with E-state index >= 15 is 8.78 Å². The first-order chi connectivity index (χ1) is 22.9. The summed E-state index contributed by atoms with van der Waals surface area (Å²) >= 11 is 3.01. The van der Waals surface area contributed by atoms with Crippen molar-refractivity contribution >= 4 is 31.1 Å². The minimum Gasteiger partial charge on any atom is -0.320 e. The fraction of sp³-hybridized carbons (Fsp3) is 0.265. The van der Waals surface area contributed by atoms with Gasteiger partial charge in [-0.3, -0.25) is 4.57 Å². The molecule has 1 aromatic heterocycles. The van der Waals surface area contributed by atoms with E-state index in [4.69, 9.17) is 0 Å². The molecule has 0 amide bonds. The molecule has 0 aliphatic rings. The molecule has 4 aromatic carbocycles. The minimum absolute atomic E-state index is 0.291. The molecular weight excluding hydrogens is 683 g/mol. The van der Waals surface area contributed by atoms with E-state index in [1.54, 1.807) is 12.1 Å². The molecule has 7 nitrogen and oxygen atoms in total. The van der Waals surface area contributed by atoms with E-state index in [1.807, 2.05) is 36.4 Å². The van der Waals surface area contributed by atoms with Gasteiger partial charge in [0.25, 0.3) is 0 Å². The van der Waals surface area contributed by atoms with Crippen molar-refractivity contribution in [2.45, 2.75) is 64.0 Å². The molecule has 5 aromatic rings. The second kappa shape index (κ2) is 15.4. The van der Waals surface area contributed by atoms with E-state index in [0.29, 0.717) is 17.7 Å². The molecule has 0 unspecified atom stereocenters. The lowest BCUT2D eigenvalue weighted by Crippen LogP contribution is -2.21. The summed E-state index contributed by atoms with van der Waals surface area (Å²) in [4.78, 5) is 19.8. The molecular formula is C34H33F4N4O3PS2. The lowest BCUT2D eigenvalue weighted by atomic mass is 10.0. The predicted molar refractivity (Wildman–Crippen MR) is 179 cm³/mol. The van der Waals surface area contributed by atoms with E-state index in [9.17, 15) is 23.1 Å². The number of hydrogen-bond donors (Lipinski definition) is 3. The van der Waals surface area contributed by atoms with E-state index in [2.05, 4.69) is 44.9 Å². The number of nitrogens with one attached hydrogen (secondary N) is 1. The summed E-state index contributed by atoms with van der Waals surface area (Å²) in [6.45, 7) is 0. The normalized spacial score (nSPS) is 12.7. The molecule has 252 valence electrons. The summed E-state index contributed by atoms with van der Waals surface area (Å²) in [5.41, 5.74) is -3.05. The van der Waals surface area contributed by atoms with Crippen LogP contribution in [0.25, 0.3) is 0 Å². The third kappa shape index (κ3) is 8.95. The van der Waals surface area contributed by atoms with Gasteiger partial charge >= 0.3 is 19.2 Å². The number of aromatic amines is 1. The molecule has 3 N–H and O–H groups in total. The third-order valence-electron chi connectivity index (χ3n) is 7.75. The summed E-state index contributed by atoms with van der Waals surface area (Å²) in [6, 6.07) is 30.9. The highest BCUT2D eigenvalue weighted by atomic mass is 32.2. The standard InChI is InChI=1S/C34H33F4N4O3PS2/c35-33(36,31-39-41-42-40-31)27-15-19-29(20-16-27)47-32(23-7-13-25-9-3-1-4-10-25,24-8-14-26-11-5-2-6-12-26)48-30-21-17-28(18-22-30)34(37,38)46(43,44)45/h1-6,9-12,15-22H,7-8,13-14,23-24H2,(H2,43,44,45)(H,39,40,41,42). The van der Waals surface area contributed by atoms with Crippen molar-refractivity contribution in [3.63, 3.8) is 0 Å². The Bertz CT molecular complexity index is 1730. The SMILES string of the molecule is O=P(O)(O)C(F)(F)c1ccc(SC(CCCc2ccccc2)(CCCc2ccccc2)Sc2ccc(C(F)(F)c3nn[nH]n3)cc2)cc1. The van der Waals surface area contributed by atoms with Gasteiger partial charge in [0.15, 0.2) is 0 Å². The van der Waals surface area contributed by atoms with Crippen molar-refractivity contribution in [3.05, 3.63) is 137 Å². The predicted octanol–water partition coefficient (Wildman–Crippen LogP) is 9.19. The fourth-order valence-corrected chi connectivity index (χ4v) is 8.86. The number of H-pyrrole nitrogens is 1. The number of alkyl halides is 4. The molecule has 0 bridgehead atoms. The second-order valence-electron chi connectivity index (χ2n) is 11.2. The van der Waals surface area contributed by atoms with Crippen LogP contribution >= 0.6 is 31.1 Å².